The third-order valence-electron chi connectivity index (χ3n) is 4.98. The van der Waals surface area contributed by atoms with E-state index in [1.54, 1.807) is 39.9 Å². The average Bonchev–Trinajstić information content (AvgIpc) is 3.34. The Morgan fingerprint density at radius 1 is 1.07 bits per heavy atom. The molecule has 8 heteroatoms. The molecule has 7 nitrogen and oxygen atoms in total. The molecule has 0 atom stereocenters. The number of aryl methyl sites for hydroxylation is 1. The molecule has 3 aromatic rings. The van der Waals surface area contributed by atoms with Crippen LogP contribution in [0.2, 0.25) is 0 Å². The molecule has 1 aliphatic heterocycles. The van der Waals surface area contributed by atoms with Crippen LogP contribution in [0.15, 0.2) is 54.7 Å². The second-order valence-electron chi connectivity index (χ2n) is 7.25. The topological polar surface area (TPSA) is 79.3 Å². The highest BCUT2D eigenvalue weighted by Crippen LogP contribution is 2.24. The van der Waals surface area contributed by atoms with Crippen molar-refractivity contribution in [2.24, 2.45) is 0 Å². The van der Waals surface area contributed by atoms with Crippen molar-refractivity contribution in [2.45, 2.75) is 26.6 Å². The minimum Gasteiger partial charge on any atom is -0.350 e. The molecule has 0 aliphatic carbocycles. The fourth-order valence-electron chi connectivity index (χ4n) is 3.39. The van der Waals surface area contributed by atoms with E-state index in [0.29, 0.717) is 37.4 Å². The minimum absolute atomic E-state index is 0.186. The van der Waals surface area contributed by atoms with Crippen LogP contribution in [0.4, 0.5) is 14.9 Å². The van der Waals surface area contributed by atoms with E-state index in [9.17, 15) is 14.0 Å². The normalized spacial score (nSPS) is 12.5. The van der Waals surface area contributed by atoms with E-state index in [1.807, 2.05) is 19.2 Å². The van der Waals surface area contributed by atoms with Crippen molar-refractivity contribution in [3.63, 3.8) is 0 Å². The Bertz CT molecular complexity index is 1080. The number of nitrogens with one attached hydrogen (secondary N) is 2. The van der Waals surface area contributed by atoms with Gasteiger partial charge in [-0.1, -0.05) is 6.07 Å². The summed E-state index contributed by atoms with van der Waals surface area (Å²) in [7, 11) is 0. The van der Waals surface area contributed by atoms with Gasteiger partial charge in [0, 0.05) is 37.1 Å². The molecule has 0 unspecified atom stereocenters. The van der Waals surface area contributed by atoms with Gasteiger partial charge in [0.1, 0.15) is 5.82 Å². The summed E-state index contributed by atoms with van der Waals surface area (Å²) >= 11 is 0. The monoisotopic (exact) mass is 407 g/mol. The summed E-state index contributed by atoms with van der Waals surface area (Å²) in [6.45, 7) is 3.79. The van der Waals surface area contributed by atoms with Gasteiger partial charge < -0.3 is 15.5 Å². The molecule has 154 valence electrons. The number of rotatable bonds is 5. The minimum atomic E-state index is -0.301. The Kier molecular flexibility index (Phi) is 5.47. The number of hydrogen-bond acceptors (Lipinski definition) is 3. The first-order valence-corrected chi connectivity index (χ1v) is 9.69. The maximum Gasteiger partial charge on any atom is 0.322 e. The summed E-state index contributed by atoms with van der Waals surface area (Å²) in [4.78, 5) is 26.4. The summed E-state index contributed by atoms with van der Waals surface area (Å²) < 4.78 is 15.1. The number of amides is 3. The van der Waals surface area contributed by atoms with Crippen LogP contribution in [-0.4, -0.2) is 33.2 Å². The van der Waals surface area contributed by atoms with Crippen LogP contribution in [0, 0.1) is 12.7 Å². The molecular weight excluding hydrogens is 385 g/mol. The third-order valence-corrected chi connectivity index (χ3v) is 4.98. The van der Waals surface area contributed by atoms with Gasteiger partial charge in [-0.2, -0.15) is 5.10 Å². The standard InChI is InChI=1S/C22H22FN5O2/c1-15-8-10-28(26-15)11-9-24-21(29)16-3-6-20(7-4-16)25-22(30)27-13-17-2-5-19(23)12-18(17)14-27/h2-8,10,12H,9,11,13-14H2,1H3,(H,24,29)(H,25,30). The molecule has 2 heterocycles. The molecule has 2 aromatic carbocycles. The number of halogens is 1. The summed E-state index contributed by atoms with van der Waals surface area (Å²) in [5.74, 6) is -0.488. The highest BCUT2D eigenvalue weighted by Gasteiger charge is 2.23. The van der Waals surface area contributed by atoms with Gasteiger partial charge in [0.15, 0.2) is 0 Å². The summed E-state index contributed by atoms with van der Waals surface area (Å²) in [6.07, 6.45) is 1.87. The van der Waals surface area contributed by atoms with Crippen molar-refractivity contribution in [3.8, 4) is 0 Å². The quantitative estimate of drug-likeness (QED) is 0.681. The van der Waals surface area contributed by atoms with E-state index in [0.717, 1.165) is 16.8 Å². The number of carbonyl (C=O) groups excluding carboxylic acids is 2. The summed E-state index contributed by atoms with van der Waals surface area (Å²) in [5.41, 5.74) is 3.80. The lowest BCUT2D eigenvalue weighted by Crippen LogP contribution is -2.30. The molecule has 2 N–H and O–H groups in total. The van der Waals surface area contributed by atoms with Crippen molar-refractivity contribution in [1.82, 2.24) is 20.0 Å². The van der Waals surface area contributed by atoms with Gasteiger partial charge in [-0.15, -0.1) is 0 Å². The Balaban J connectivity index is 1.28. The largest absolute Gasteiger partial charge is 0.350 e. The lowest BCUT2D eigenvalue weighted by molar-refractivity contribution is 0.0952. The first kappa shape index (κ1) is 19.6. The van der Waals surface area contributed by atoms with E-state index in [2.05, 4.69) is 15.7 Å². The van der Waals surface area contributed by atoms with E-state index >= 15 is 0 Å². The van der Waals surface area contributed by atoms with Gasteiger partial charge in [-0.25, -0.2) is 9.18 Å². The van der Waals surface area contributed by atoms with Crippen LogP contribution >= 0.6 is 0 Å². The van der Waals surface area contributed by atoms with Crippen molar-refractivity contribution >= 4 is 17.6 Å². The van der Waals surface area contributed by atoms with Gasteiger partial charge in [0.05, 0.1) is 12.2 Å². The van der Waals surface area contributed by atoms with Crippen molar-refractivity contribution in [3.05, 3.63) is 82.9 Å². The number of aromatic nitrogens is 2. The Morgan fingerprint density at radius 2 is 1.83 bits per heavy atom. The third kappa shape index (κ3) is 4.48. The van der Waals surface area contributed by atoms with Gasteiger partial charge in [-0.3, -0.25) is 9.48 Å². The van der Waals surface area contributed by atoms with Crippen molar-refractivity contribution in [2.75, 3.05) is 11.9 Å². The lowest BCUT2D eigenvalue weighted by Gasteiger charge is -2.16. The molecule has 0 saturated carbocycles. The first-order chi connectivity index (χ1) is 14.5. The second-order valence-corrected chi connectivity index (χ2v) is 7.25. The fraction of sp³-hybridized carbons (Fsp3) is 0.227. The molecule has 30 heavy (non-hydrogen) atoms. The molecule has 0 fully saturated rings. The van der Waals surface area contributed by atoms with Crippen LogP contribution in [0.25, 0.3) is 0 Å². The maximum absolute atomic E-state index is 13.3. The lowest BCUT2D eigenvalue weighted by atomic mass is 10.1. The molecule has 1 aromatic heterocycles. The van der Waals surface area contributed by atoms with Gasteiger partial charge >= 0.3 is 6.03 Å². The number of hydrogen-bond donors (Lipinski definition) is 2. The zero-order valence-corrected chi connectivity index (χ0v) is 16.6. The number of fused-ring (bicyclic) bond motifs is 1. The van der Waals surface area contributed by atoms with Crippen LogP contribution in [0.5, 0.6) is 0 Å². The Morgan fingerprint density at radius 3 is 2.57 bits per heavy atom. The smallest absolute Gasteiger partial charge is 0.322 e. The van der Waals surface area contributed by atoms with Crippen LogP contribution < -0.4 is 10.6 Å². The maximum atomic E-state index is 13.3. The Hall–Kier alpha value is -3.68. The number of nitrogens with zero attached hydrogens (tertiary/aromatic N) is 3. The molecule has 0 saturated heterocycles. The second kappa shape index (κ2) is 8.36. The SMILES string of the molecule is Cc1ccn(CCNC(=O)c2ccc(NC(=O)N3Cc4ccc(F)cc4C3)cc2)n1. The van der Waals surface area contributed by atoms with Gasteiger partial charge in [-0.05, 0) is 60.5 Å². The zero-order valence-electron chi connectivity index (χ0n) is 16.6. The highest BCUT2D eigenvalue weighted by molar-refractivity contribution is 5.95. The van der Waals surface area contributed by atoms with Gasteiger partial charge in [0.25, 0.3) is 5.91 Å². The molecule has 3 amide bonds. The zero-order chi connectivity index (χ0) is 21.1. The van der Waals surface area contributed by atoms with E-state index in [1.165, 1.54) is 12.1 Å². The van der Waals surface area contributed by atoms with Crippen LogP contribution in [-0.2, 0) is 19.6 Å². The molecule has 4 rings (SSSR count). The van der Waals surface area contributed by atoms with E-state index < -0.39 is 0 Å². The van der Waals surface area contributed by atoms with Crippen molar-refractivity contribution in [1.29, 1.82) is 0 Å². The molecule has 0 radical (unpaired) electrons. The number of carbonyl (C=O) groups is 2. The van der Waals surface area contributed by atoms with Crippen LogP contribution in [0.3, 0.4) is 0 Å². The number of anilines is 1. The summed E-state index contributed by atoms with van der Waals surface area (Å²) in [5, 5.41) is 9.94. The van der Waals surface area contributed by atoms with E-state index in [-0.39, 0.29) is 17.8 Å². The molecular formula is C22H22FN5O2. The number of urea groups is 1. The van der Waals surface area contributed by atoms with Gasteiger partial charge in [0.2, 0.25) is 0 Å². The van der Waals surface area contributed by atoms with Crippen molar-refractivity contribution < 1.29 is 14.0 Å². The van der Waals surface area contributed by atoms with Crippen LogP contribution in [0.1, 0.15) is 27.2 Å². The molecule has 0 bridgehead atoms. The predicted molar refractivity (Wildman–Crippen MR) is 110 cm³/mol. The fourth-order valence-corrected chi connectivity index (χ4v) is 3.39. The molecule has 0 spiro atoms. The summed E-state index contributed by atoms with van der Waals surface area (Å²) in [6, 6.07) is 12.9. The van der Waals surface area contributed by atoms with E-state index in [4.69, 9.17) is 0 Å². The molecule has 1 aliphatic rings. The highest BCUT2D eigenvalue weighted by atomic mass is 19.1. The first-order valence-electron chi connectivity index (χ1n) is 9.69. The number of benzene rings is 2. The Labute approximate surface area is 173 Å². The predicted octanol–water partition coefficient (Wildman–Crippen LogP) is 3.31. The average molecular weight is 407 g/mol.